The van der Waals surface area contributed by atoms with E-state index in [1.54, 1.807) is 10.8 Å². The highest BCUT2D eigenvalue weighted by molar-refractivity contribution is 9.10. The number of rotatable bonds is 5. The zero-order chi connectivity index (χ0) is 18.8. The number of piperidine rings is 1. The van der Waals surface area contributed by atoms with Crippen molar-refractivity contribution in [2.24, 2.45) is 5.92 Å². The summed E-state index contributed by atoms with van der Waals surface area (Å²) < 4.78 is 2.37. The Morgan fingerprint density at radius 3 is 2.85 bits per heavy atom. The topological polar surface area (TPSA) is 67.2 Å². The Morgan fingerprint density at radius 1 is 1.30 bits per heavy atom. The van der Waals surface area contributed by atoms with E-state index in [9.17, 15) is 9.59 Å². The van der Waals surface area contributed by atoms with E-state index in [0.29, 0.717) is 10.9 Å². The Balaban J connectivity index is 1.33. The highest BCUT2D eigenvalue weighted by Gasteiger charge is 2.25. The molecule has 0 bridgehead atoms. The van der Waals surface area contributed by atoms with Crippen LogP contribution in [-0.4, -0.2) is 46.0 Å². The molecule has 0 aliphatic carbocycles. The molecule has 1 atom stereocenters. The number of fused-ring (bicyclic) bond motifs is 1. The van der Waals surface area contributed by atoms with E-state index in [2.05, 4.69) is 26.2 Å². The van der Waals surface area contributed by atoms with Gasteiger partial charge in [0.2, 0.25) is 5.91 Å². The van der Waals surface area contributed by atoms with Crippen LogP contribution >= 0.6 is 27.3 Å². The monoisotopic (exact) mass is 452 g/mol. The Hall–Kier alpha value is -1.25. The average Bonchev–Trinajstić information content (AvgIpc) is 3.29. The fourth-order valence-electron chi connectivity index (χ4n) is 4.22. The SMILES string of the molecule is O=C(Cn1c(=O)sc2ncc(Br)cc21)N1CCC(CCC2CCCN2)CC1. The fraction of sp³-hybridized carbons (Fsp3) is 0.632. The molecule has 0 spiro atoms. The molecule has 4 rings (SSSR count). The smallest absolute Gasteiger partial charge is 0.310 e. The van der Waals surface area contributed by atoms with Crippen molar-refractivity contribution in [3.8, 4) is 0 Å². The second kappa shape index (κ2) is 8.41. The second-order valence-corrected chi connectivity index (χ2v) is 9.48. The highest BCUT2D eigenvalue weighted by atomic mass is 79.9. The van der Waals surface area contributed by atoms with E-state index in [4.69, 9.17) is 0 Å². The lowest BCUT2D eigenvalue weighted by molar-refractivity contribution is -0.133. The van der Waals surface area contributed by atoms with E-state index in [1.165, 1.54) is 32.2 Å². The molecule has 1 unspecified atom stereocenters. The Bertz CT molecular complexity index is 866. The number of carbonyl (C=O) groups excluding carboxylic acids is 1. The van der Waals surface area contributed by atoms with Gasteiger partial charge in [0.05, 0.1) is 5.52 Å². The van der Waals surface area contributed by atoms with Crippen LogP contribution in [0.1, 0.15) is 38.5 Å². The van der Waals surface area contributed by atoms with Crippen LogP contribution < -0.4 is 10.2 Å². The molecule has 2 aliphatic rings. The molecule has 2 aromatic heterocycles. The first-order valence-corrected chi connectivity index (χ1v) is 11.4. The molecule has 2 aromatic rings. The lowest BCUT2D eigenvalue weighted by Gasteiger charge is -2.32. The summed E-state index contributed by atoms with van der Waals surface area (Å²) in [6, 6.07) is 2.56. The van der Waals surface area contributed by atoms with Crippen LogP contribution in [0.2, 0.25) is 0 Å². The zero-order valence-electron chi connectivity index (χ0n) is 15.3. The summed E-state index contributed by atoms with van der Waals surface area (Å²) in [6.45, 7) is 2.88. The molecular weight excluding hydrogens is 428 g/mol. The third-order valence-corrected chi connectivity index (χ3v) is 7.18. The third-order valence-electron chi connectivity index (χ3n) is 5.84. The van der Waals surface area contributed by atoms with Gasteiger partial charge >= 0.3 is 4.87 Å². The van der Waals surface area contributed by atoms with E-state index in [-0.39, 0.29) is 17.3 Å². The largest absolute Gasteiger partial charge is 0.341 e. The van der Waals surface area contributed by atoms with Crippen molar-refractivity contribution >= 4 is 43.5 Å². The van der Waals surface area contributed by atoms with E-state index in [0.717, 1.165) is 53.2 Å². The maximum absolute atomic E-state index is 12.7. The molecule has 4 heterocycles. The predicted molar refractivity (Wildman–Crippen MR) is 111 cm³/mol. The van der Waals surface area contributed by atoms with Crippen LogP contribution in [0.4, 0.5) is 0 Å². The molecule has 1 N–H and O–H groups in total. The minimum atomic E-state index is -0.122. The second-order valence-electron chi connectivity index (χ2n) is 7.63. The molecule has 8 heteroatoms. The van der Waals surface area contributed by atoms with E-state index >= 15 is 0 Å². The van der Waals surface area contributed by atoms with Crippen LogP contribution in [0, 0.1) is 5.92 Å². The number of likely N-dealkylation sites (tertiary alicyclic amines) is 1. The quantitative estimate of drug-likeness (QED) is 0.756. The van der Waals surface area contributed by atoms with Crippen LogP contribution in [0.5, 0.6) is 0 Å². The summed E-state index contributed by atoms with van der Waals surface area (Å²) in [4.78, 5) is 31.8. The van der Waals surface area contributed by atoms with Crippen LogP contribution in [0.25, 0.3) is 10.3 Å². The minimum Gasteiger partial charge on any atom is -0.341 e. The number of nitrogens with one attached hydrogen (secondary N) is 1. The summed E-state index contributed by atoms with van der Waals surface area (Å²) in [6.07, 6.45) is 8.96. The van der Waals surface area contributed by atoms with Gasteiger partial charge in [-0.2, -0.15) is 0 Å². The van der Waals surface area contributed by atoms with Crippen molar-refractivity contribution in [3.63, 3.8) is 0 Å². The van der Waals surface area contributed by atoms with Gasteiger partial charge in [-0.3, -0.25) is 14.2 Å². The van der Waals surface area contributed by atoms with Crippen molar-refractivity contribution in [1.82, 2.24) is 19.8 Å². The maximum atomic E-state index is 12.7. The standard InChI is InChI=1S/C19H25BrN4O2S/c20-14-10-16-18(22-11-14)27-19(26)24(16)12-17(25)23-8-5-13(6-9-23)3-4-15-2-1-7-21-15/h10-11,13,15,21H,1-9,12H2. The number of thiazole rings is 1. The number of aromatic nitrogens is 2. The first-order valence-electron chi connectivity index (χ1n) is 9.76. The van der Waals surface area contributed by atoms with Crippen LogP contribution in [0.3, 0.4) is 0 Å². The molecule has 146 valence electrons. The average molecular weight is 453 g/mol. The van der Waals surface area contributed by atoms with Gasteiger partial charge in [-0.05, 0) is 73.0 Å². The van der Waals surface area contributed by atoms with Crippen LogP contribution in [0.15, 0.2) is 21.5 Å². The van der Waals surface area contributed by atoms with Crippen molar-refractivity contribution in [2.75, 3.05) is 19.6 Å². The van der Waals surface area contributed by atoms with E-state index in [1.807, 2.05) is 11.0 Å². The van der Waals surface area contributed by atoms with Gasteiger partial charge in [-0.25, -0.2) is 4.98 Å². The number of halogens is 1. The van der Waals surface area contributed by atoms with Crippen LogP contribution in [-0.2, 0) is 11.3 Å². The first-order chi connectivity index (χ1) is 13.1. The lowest BCUT2D eigenvalue weighted by Crippen LogP contribution is -2.41. The van der Waals surface area contributed by atoms with Gasteiger partial charge < -0.3 is 10.2 Å². The van der Waals surface area contributed by atoms with Crippen molar-refractivity contribution in [1.29, 1.82) is 0 Å². The molecule has 27 heavy (non-hydrogen) atoms. The molecule has 2 saturated heterocycles. The van der Waals surface area contributed by atoms with Gasteiger partial charge in [0.1, 0.15) is 11.4 Å². The van der Waals surface area contributed by atoms with Crippen molar-refractivity contribution in [2.45, 2.75) is 51.1 Å². The molecule has 2 fully saturated rings. The number of nitrogens with zero attached hydrogens (tertiary/aromatic N) is 3. The summed E-state index contributed by atoms with van der Waals surface area (Å²) in [5.74, 6) is 0.758. The van der Waals surface area contributed by atoms with E-state index < -0.39 is 0 Å². The van der Waals surface area contributed by atoms with Gasteiger partial charge in [0.15, 0.2) is 0 Å². The summed E-state index contributed by atoms with van der Waals surface area (Å²) in [5, 5.41) is 3.57. The molecular formula is C19H25BrN4O2S. The number of hydrogen-bond acceptors (Lipinski definition) is 5. The number of amides is 1. The first kappa shape index (κ1) is 19.1. The minimum absolute atomic E-state index is 0.0349. The van der Waals surface area contributed by atoms with Crippen molar-refractivity contribution in [3.05, 3.63) is 26.4 Å². The Labute approximate surface area is 171 Å². The molecule has 6 nitrogen and oxygen atoms in total. The normalized spacial score (nSPS) is 21.2. The van der Waals surface area contributed by atoms with Gasteiger partial charge in [0.25, 0.3) is 0 Å². The highest BCUT2D eigenvalue weighted by Crippen LogP contribution is 2.25. The van der Waals surface area contributed by atoms with Gasteiger partial charge in [0, 0.05) is 29.8 Å². The van der Waals surface area contributed by atoms with Gasteiger partial charge in [-0.15, -0.1) is 0 Å². The lowest BCUT2D eigenvalue weighted by atomic mass is 9.90. The molecule has 0 aromatic carbocycles. The van der Waals surface area contributed by atoms with Gasteiger partial charge in [-0.1, -0.05) is 11.3 Å². The Kier molecular flexibility index (Phi) is 5.94. The predicted octanol–water partition coefficient (Wildman–Crippen LogP) is 2.99. The van der Waals surface area contributed by atoms with Crippen molar-refractivity contribution < 1.29 is 4.79 Å². The number of carbonyl (C=O) groups is 1. The number of pyridine rings is 1. The fourth-order valence-corrected chi connectivity index (χ4v) is 5.36. The summed E-state index contributed by atoms with van der Waals surface area (Å²) in [5.41, 5.74) is 0.728. The molecule has 0 radical (unpaired) electrons. The summed E-state index contributed by atoms with van der Waals surface area (Å²) >= 11 is 4.49. The molecule has 2 aliphatic heterocycles. The number of hydrogen-bond donors (Lipinski definition) is 1. The molecule has 1 amide bonds. The maximum Gasteiger partial charge on any atom is 0.310 e. The summed E-state index contributed by atoms with van der Waals surface area (Å²) in [7, 11) is 0. The zero-order valence-corrected chi connectivity index (χ0v) is 17.7. The third kappa shape index (κ3) is 4.43. The Morgan fingerprint density at radius 2 is 2.11 bits per heavy atom. The molecule has 0 saturated carbocycles.